The third kappa shape index (κ3) is 4.29. The van der Waals surface area contributed by atoms with Crippen LogP contribution in [-0.4, -0.2) is 12.5 Å². The second-order valence-corrected chi connectivity index (χ2v) is 5.07. The highest BCUT2D eigenvalue weighted by atomic mass is 79.9. The molecule has 21 heavy (non-hydrogen) atoms. The zero-order valence-electron chi connectivity index (χ0n) is 10.9. The van der Waals surface area contributed by atoms with Crippen LogP contribution in [-0.2, 0) is 4.79 Å². The molecule has 0 aliphatic carbocycles. The van der Waals surface area contributed by atoms with E-state index in [1.807, 2.05) is 6.07 Å². The largest absolute Gasteiger partial charge is 0.375 e. The Morgan fingerprint density at radius 3 is 2.57 bits per heavy atom. The van der Waals surface area contributed by atoms with Crippen LogP contribution in [0.15, 0.2) is 46.9 Å². The van der Waals surface area contributed by atoms with Gasteiger partial charge in [-0.3, -0.25) is 4.79 Å². The van der Waals surface area contributed by atoms with E-state index >= 15 is 0 Å². The van der Waals surface area contributed by atoms with Gasteiger partial charge in [-0.1, -0.05) is 0 Å². The first-order valence-electron chi connectivity index (χ1n) is 6.07. The second-order valence-electron chi connectivity index (χ2n) is 4.22. The van der Waals surface area contributed by atoms with Crippen LogP contribution in [0.4, 0.5) is 15.8 Å². The summed E-state index contributed by atoms with van der Waals surface area (Å²) in [7, 11) is 0. The van der Waals surface area contributed by atoms with E-state index in [1.54, 1.807) is 18.2 Å². The molecule has 0 radical (unpaired) electrons. The number of nitrogens with zero attached hydrogens (tertiary/aromatic N) is 1. The van der Waals surface area contributed by atoms with Gasteiger partial charge in [0.2, 0.25) is 5.91 Å². The summed E-state index contributed by atoms with van der Waals surface area (Å²) in [5.74, 6) is -0.606. The first-order valence-corrected chi connectivity index (χ1v) is 6.87. The summed E-state index contributed by atoms with van der Waals surface area (Å²) < 4.78 is 13.5. The van der Waals surface area contributed by atoms with E-state index in [-0.39, 0.29) is 18.3 Å². The Balaban J connectivity index is 1.92. The molecule has 106 valence electrons. The SMILES string of the molecule is N#Cc1ccc(NCC(=O)Nc2ccc(F)cc2)c(Br)c1. The number of nitriles is 1. The number of hydrogen-bond acceptors (Lipinski definition) is 3. The molecule has 0 unspecified atom stereocenters. The van der Waals surface area contributed by atoms with Gasteiger partial charge in [-0.2, -0.15) is 5.26 Å². The number of amides is 1. The quantitative estimate of drug-likeness (QED) is 0.889. The van der Waals surface area contributed by atoms with Gasteiger partial charge in [-0.15, -0.1) is 0 Å². The van der Waals surface area contributed by atoms with E-state index in [0.29, 0.717) is 21.4 Å². The molecule has 2 rings (SSSR count). The lowest BCUT2D eigenvalue weighted by Gasteiger charge is -2.09. The van der Waals surface area contributed by atoms with E-state index in [4.69, 9.17) is 5.26 Å². The van der Waals surface area contributed by atoms with Gasteiger partial charge in [0.05, 0.1) is 18.2 Å². The van der Waals surface area contributed by atoms with E-state index in [1.165, 1.54) is 24.3 Å². The van der Waals surface area contributed by atoms with Gasteiger partial charge in [0.25, 0.3) is 0 Å². The highest BCUT2D eigenvalue weighted by Crippen LogP contribution is 2.23. The monoisotopic (exact) mass is 347 g/mol. The van der Waals surface area contributed by atoms with Gasteiger partial charge in [0.15, 0.2) is 0 Å². The molecule has 2 aromatic rings. The van der Waals surface area contributed by atoms with Crippen LogP contribution >= 0.6 is 15.9 Å². The predicted molar refractivity (Wildman–Crippen MR) is 82.4 cm³/mol. The number of rotatable bonds is 4. The minimum absolute atomic E-state index is 0.0574. The second kappa shape index (κ2) is 6.86. The molecular weight excluding hydrogens is 337 g/mol. The minimum Gasteiger partial charge on any atom is -0.375 e. The Morgan fingerprint density at radius 2 is 1.95 bits per heavy atom. The maximum absolute atomic E-state index is 12.7. The van der Waals surface area contributed by atoms with Crippen LogP contribution < -0.4 is 10.6 Å². The summed E-state index contributed by atoms with van der Waals surface area (Å²) in [6.07, 6.45) is 0. The van der Waals surface area contributed by atoms with Crippen LogP contribution in [0, 0.1) is 17.1 Å². The Bertz CT molecular complexity index is 695. The zero-order valence-corrected chi connectivity index (χ0v) is 12.4. The number of halogens is 2. The van der Waals surface area contributed by atoms with E-state index in [0.717, 1.165) is 0 Å². The fraction of sp³-hybridized carbons (Fsp3) is 0.0667. The van der Waals surface area contributed by atoms with Gasteiger partial charge in [-0.25, -0.2) is 4.39 Å². The molecule has 0 aromatic heterocycles. The molecule has 0 saturated carbocycles. The van der Waals surface area contributed by atoms with Crippen molar-refractivity contribution in [2.24, 2.45) is 0 Å². The lowest BCUT2D eigenvalue weighted by Crippen LogP contribution is -2.21. The molecule has 0 aliphatic heterocycles. The Labute approximate surface area is 129 Å². The highest BCUT2D eigenvalue weighted by molar-refractivity contribution is 9.10. The van der Waals surface area contributed by atoms with Crippen molar-refractivity contribution in [3.63, 3.8) is 0 Å². The van der Waals surface area contributed by atoms with Crippen molar-refractivity contribution in [3.8, 4) is 6.07 Å². The van der Waals surface area contributed by atoms with Crippen molar-refractivity contribution in [3.05, 3.63) is 58.3 Å². The number of benzene rings is 2. The van der Waals surface area contributed by atoms with Crippen LogP contribution in [0.3, 0.4) is 0 Å². The van der Waals surface area contributed by atoms with Crippen LogP contribution in [0.1, 0.15) is 5.56 Å². The maximum atomic E-state index is 12.7. The van der Waals surface area contributed by atoms with Crippen molar-refractivity contribution in [2.75, 3.05) is 17.2 Å². The van der Waals surface area contributed by atoms with E-state index in [2.05, 4.69) is 26.6 Å². The topological polar surface area (TPSA) is 64.9 Å². The molecule has 6 heteroatoms. The number of nitrogens with one attached hydrogen (secondary N) is 2. The molecule has 0 fully saturated rings. The molecule has 0 heterocycles. The molecule has 0 spiro atoms. The van der Waals surface area contributed by atoms with Crippen LogP contribution in [0.25, 0.3) is 0 Å². The number of carbonyl (C=O) groups is 1. The summed E-state index contributed by atoms with van der Waals surface area (Å²) >= 11 is 3.33. The van der Waals surface area contributed by atoms with Crippen molar-refractivity contribution in [1.82, 2.24) is 0 Å². The Morgan fingerprint density at radius 1 is 1.24 bits per heavy atom. The highest BCUT2D eigenvalue weighted by Gasteiger charge is 2.05. The Kier molecular flexibility index (Phi) is 4.90. The maximum Gasteiger partial charge on any atom is 0.243 e. The van der Waals surface area contributed by atoms with Crippen molar-refractivity contribution in [2.45, 2.75) is 0 Å². The summed E-state index contributed by atoms with van der Waals surface area (Å²) in [5.41, 5.74) is 1.77. The molecule has 0 bridgehead atoms. The molecule has 2 N–H and O–H groups in total. The van der Waals surface area contributed by atoms with Crippen molar-refractivity contribution < 1.29 is 9.18 Å². The number of anilines is 2. The Hall–Kier alpha value is -2.39. The number of carbonyl (C=O) groups excluding carboxylic acids is 1. The van der Waals surface area contributed by atoms with E-state index in [9.17, 15) is 9.18 Å². The molecular formula is C15H11BrFN3O. The van der Waals surface area contributed by atoms with Gasteiger partial charge in [-0.05, 0) is 58.4 Å². The lowest BCUT2D eigenvalue weighted by atomic mass is 10.2. The van der Waals surface area contributed by atoms with Crippen LogP contribution in [0.2, 0.25) is 0 Å². The van der Waals surface area contributed by atoms with Gasteiger partial charge < -0.3 is 10.6 Å². The summed E-state index contributed by atoms with van der Waals surface area (Å²) in [6.45, 7) is 0.0574. The fourth-order valence-electron chi connectivity index (χ4n) is 1.64. The van der Waals surface area contributed by atoms with Gasteiger partial charge >= 0.3 is 0 Å². The molecule has 0 saturated heterocycles. The molecule has 2 aromatic carbocycles. The first kappa shape index (κ1) is 15.0. The van der Waals surface area contributed by atoms with Gasteiger partial charge in [0, 0.05) is 15.8 Å². The third-order valence-corrected chi connectivity index (χ3v) is 3.32. The molecule has 4 nitrogen and oxygen atoms in total. The predicted octanol–water partition coefficient (Wildman–Crippen LogP) is 3.51. The first-order chi connectivity index (χ1) is 10.1. The van der Waals surface area contributed by atoms with Crippen molar-refractivity contribution >= 4 is 33.2 Å². The standard InChI is InChI=1S/C15H11BrFN3O/c16-13-7-10(8-18)1-6-14(13)19-9-15(21)20-12-4-2-11(17)3-5-12/h1-7,19H,9H2,(H,20,21). The molecule has 1 amide bonds. The summed E-state index contributed by atoms with van der Waals surface area (Å²) in [6, 6.07) is 12.6. The van der Waals surface area contributed by atoms with Crippen molar-refractivity contribution in [1.29, 1.82) is 5.26 Å². The third-order valence-electron chi connectivity index (χ3n) is 2.67. The fourth-order valence-corrected chi connectivity index (χ4v) is 2.16. The lowest BCUT2D eigenvalue weighted by molar-refractivity contribution is -0.114. The summed E-state index contributed by atoms with van der Waals surface area (Å²) in [4.78, 5) is 11.8. The minimum atomic E-state index is -0.354. The number of hydrogen-bond donors (Lipinski definition) is 2. The zero-order chi connectivity index (χ0) is 15.2. The normalized spacial score (nSPS) is 9.76. The average molecular weight is 348 g/mol. The van der Waals surface area contributed by atoms with E-state index < -0.39 is 0 Å². The average Bonchev–Trinajstić information content (AvgIpc) is 2.48. The molecule has 0 aliphatic rings. The smallest absolute Gasteiger partial charge is 0.243 e. The molecule has 0 atom stereocenters. The van der Waals surface area contributed by atoms with Gasteiger partial charge in [0.1, 0.15) is 5.82 Å². The van der Waals surface area contributed by atoms with Crippen LogP contribution in [0.5, 0.6) is 0 Å². The summed E-state index contributed by atoms with van der Waals surface area (Å²) in [5, 5.41) is 14.4.